The molecule has 0 spiro atoms. The first kappa shape index (κ1) is 11.4. The molecule has 1 aliphatic heterocycles. The van der Waals surface area contributed by atoms with E-state index in [2.05, 4.69) is 12.2 Å². The summed E-state index contributed by atoms with van der Waals surface area (Å²) in [6.45, 7) is 2.20. The van der Waals surface area contributed by atoms with Crippen LogP contribution in [0.25, 0.3) is 0 Å². The lowest BCUT2D eigenvalue weighted by molar-refractivity contribution is 0.388. The molecule has 1 N–H and O–H groups in total. The van der Waals surface area contributed by atoms with E-state index in [-0.39, 0.29) is 6.04 Å². The number of nitrogens with one attached hydrogen (secondary N) is 1. The van der Waals surface area contributed by atoms with Gasteiger partial charge in [-0.05, 0) is 31.6 Å². The maximum atomic E-state index is 11.3. The quantitative estimate of drug-likeness (QED) is 0.776. The van der Waals surface area contributed by atoms with Crippen LogP contribution in [0.4, 0.5) is 0 Å². The van der Waals surface area contributed by atoms with E-state index in [4.69, 9.17) is 0 Å². The Hall–Kier alpha value is -0.0900. The van der Waals surface area contributed by atoms with Gasteiger partial charge in [0.1, 0.15) is 0 Å². The number of rotatable bonds is 5. The minimum absolute atomic E-state index is 0.229. The molecule has 1 saturated carbocycles. The molecule has 0 bridgehead atoms. The van der Waals surface area contributed by atoms with Crippen LogP contribution in [0.15, 0.2) is 0 Å². The van der Waals surface area contributed by atoms with E-state index in [9.17, 15) is 8.42 Å². The van der Waals surface area contributed by atoms with Gasteiger partial charge in [0.15, 0.2) is 9.84 Å². The fourth-order valence-electron chi connectivity index (χ4n) is 2.49. The van der Waals surface area contributed by atoms with Crippen molar-refractivity contribution in [2.75, 3.05) is 11.5 Å². The third-order valence-corrected chi connectivity index (χ3v) is 5.24. The van der Waals surface area contributed by atoms with Gasteiger partial charge in [-0.25, -0.2) is 8.42 Å². The van der Waals surface area contributed by atoms with Gasteiger partial charge in [0.2, 0.25) is 0 Å². The second-order valence-corrected chi connectivity index (χ2v) is 7.23. The molecule has 2 fully saturated rings. The zero-order valence-electron chi connectivity index (χ0n) is 9.41. The van der Waals surface area contributed by atoms with Crippen LogP contribution in [0.5, 0.6) is 0 Å². The Labute approximate surface area is 92.6 Å². The van der Waals surface area contributed by atoms with Gasteiger partial charge in [-0.2, -0.15) is 0 Å². The summed E-state index contributed by atoms with van der Waals surface area (Å²) in [7, 11) is -2.72. The molecule has 4 heteroatoms. The van der Waals surface area contributed by atoms with Crippen LogP contribution in [-0.4, -0.2) is 32.0 Å². The maximum absolute atomic E-state index is 11.3. The fourth-order valence-corrected chi connectivity index (χ4v) is 4.18. The molecule has 0 aromatic carbocycles. The van der Waals surface area contributed by atoms with Crippen LogP contribution in [0, 0.1) is 5.92 Å². The van der Waals surface area contributed by atoms with Crippen LogP contribution in [0.3, 0.4) is 0 Å². The summed E-state index contributed by atoms with van der Waals surface area (Å²) in [5.41, 5.74) is 0. The molecule has 2 unspecified atom stereocenters. The number of hydrogen-bond donors (Lipinski definition) is 1. The number of hydrogen-bond acceptors (Lipinski definition) is 3. The number of sulfone groups is 1. The second kappa shape index (κ2) is 4.42. The Morgan fingerprint density at radius 3 is 2.53 bits per heavy atom. The van der Waals surface area contributed by atoms with Crippen LogP contribution >= 0.6 is 0 Å². The highest BCUT2D eigenvalue weighted by atomic mass is 32.2. The van der Waals surface area contributed by atoms with Crippen LogP contribution in [0.2, 0.25) is 0 Å². The van der Waals surface area contributed by atoms with Gasteiger partial charge in [-0.1, -0.05) is 13.3 Å². The van der Waals surface area contributed by atoms with E-state index >= 15 is 0 Å². The summed E-state index contributed by atoms with van der Waals surface area (Å²) >= 11 is 0. The Kier molecular flexibility index (Phi) is 3.36. The van der Waals surface area contributed by atoms with Crippen molar-refractivity contribution in [1.82, 2.24) is 5.32 Å². The molecular weight excluding hydrogens is 210 g/mol. The molecule has 1 saturated heterocycles. The molecule has 2 aliphatic rings. The van der Waals surface area contributed by atoms with Gasteiger partial charge in [0.25, 0.3) is 0 Å². The first-order valence-electron chi connectivity index (χ1n) is 6.07. The molecule has 0 radical (unpaired) electrons. The van der Waals surface area contributed by atoms with E-state index in [1.54, 1.807) is 0 Å². The van der Waals surface area contributed by atoms with Crippen molar-refractivity contribution < 1.29 is 8.42 Å². The second-order valence-electron chi connectivity index (χ2n) is 5.00. The van der Waals surface area contributed by atoms with Gasteiger partial charge in [-0.15, -0.1) is 0 Å². The SMILES string of the molecule is CCCC(NC1CCS(=O)(=O)C1)C1CC1. The lowest BCUT2D eigenvalue weighted by atomic mass is 10.1. The maximum Gasteiger partial charge on any atom is 0.151 e. The fraction of sp³-hybridized carbons (Fsp3) is 1.00. The van der Waals surface area contributed by atoms with Crippen LogP contribution in [-0.2, 0) is 9.84 Å². The Morgan fingerprint density at radius 1 is 1.33 bits per heavy atom. The summed E-state index contributed by atoms with van der Waals surface area (Å²) < 4.78 is 22.7. The molecule has 0 aromatic rings. The molecule has 2 rings (SSSR count). The summed E-state index contributed by atoms with van der Waals surface area (Å²) in [5.74, 6) is 1.57. The molecule has 1 aliphatic carbocycles. The topological polar surface area (TPSA) is 46.2 Å². The average Bonchev–Trinajstić information content (AvgIpc) is 2.92. The zero-order valence-corrected chi connectivity index (χ0v) is 10.2. The van der Waals surface area contributed by atoms with Crippen LogP contribution in [0.1, 0.15) is 39.0 Å². The van der Waals surface area contributed by atoms with Crippen molar-refractivity contribution in [1.29, 1.82) is 0 Å². The smallest absolute Gasteiger partial charge is 0.151 e. The first-order chi connectivity index (χ1) is 7.11. The van der Waals surface area contributed by atoms with E-state index in [0.717, 1.165) is 12.3 Å². The average molecular weight is 231 g/mol. The van der Waals surface area contributed by atoms with Gasteiger partial charge in [0.05, 0.1) is 11.5 Å². The Morgan fingerprint density at radius 2 is 2.07 bits per heavy atom. The molecule has 2 atom stereocenters. The summed E-state index contributed by atoms with van der Waals surface area (Å²) in [6, 6.07) is 0.806. The highest BCUT2D eigenvalue weighted by molar-refractivity contribution is 7.91. The van der Waals surface area contributed by atoms with Crippen molar-refractivity contribution in [3.63, 3.8) is 0 Å². The molecule has 1 heterocycles. The normalized spacial score (nSPS) is 31.7. The van der Waals surface area contributed by atoms with E-state index in [0.29, 0.717) is 17.5 Å². The van der Waals surface area contributed by atoms with Crippen LogP contribution < -0.4 is 5.32 Å². The standard InChI is InChI=1S/C11H21NO2S/c1-2-3-11(9-4-5-9)12-10-6-7-15(13,14)8-10/h9-12H,2-8H2,1H3. The van der Waals surface area contributed by atoms with Gasteiger partial charge in [-0.3, -0.25) is 0 Å². The molecule has 15 heavy (non-hydrogen) atoms. The van der Waals surface area contributed by atoms with E-state index in [1.165, 1.54) is 25.7 Å². The van der Waals surface area contributed by atoms with Gasteiger partial charge >= 0.3 is 0 Å². The third-order valence-electron chi connectivity index (χ3n) is 3.47. The Balaban J connectivity index is 1.84. The van der Waals surface area contributed by atoms with Gasteiger partial charge in [0, 0.05) is 12.1 Å². The molecule has 0 amide bonds. The van der Waals surface area contributed by atoms with Crippen molar-refractivity contribution in [2.24, 2.45) is 5.92 Å². The summed E-state index contributed by atoms with van der Waals surface area (Å²) in [6.07, 6.45) is 5.86. The van der Waals surface area contributed by atoms with Crippen molar-refractivity contribution in [2.45, 2.75) is 51.1 Å². The zero-order chi connectivity index (χ0) is 10.9. The van der Waals surface area contributed by atoms with Crippen molar-refractivity contribution in [3.8, 4) is 0 Å². The predicted octanol–water partition coefficient (Wildman–Crippen LogP) is 1.34. The van der Waals surface area contributed by atoms with E-state index < -0.39 is 9.84 Å². The molecule has 3 nitrogen and oxygen atoms in total. The largest absolute Gasteiger partial charge is 0.310 e. The summed E-state index contributed by atoms with van der Waals surface area (Å²) in [5, 5.41) is 3.56. The van der Waals surface area contributed by atoms with Gasteiger partial charge < -0.3 is 5.32 Å². The monoisotopic (exact) mass is 231 g/mol. The van der Waals surface area contributed by atoms with E-state index in [1.807, 2.05) is 0 Å². The first-order valence-corrected chi connectivity index (χ1v) is 7.89. The minimum Gasteiger partial charge on any atom is -0.310 e. The van der Waals surface area contributed by atoms with Crippen molar-refractivity contribution in [3.05, 3.63) is 0 Å². The predicted molar refractivity (Wildman–Crippen MR) is 61.6 cm³/mol. The third kappa shape index (κ3) is 3.18. The lowest BCUT2D eigenvalue weighted by Gasteiger charge is -2.21. The Bertz CT molecular complexity index is 309. The highest BCUT2D eigenvalue weighted by Crippen LogP contribution is 2.35. The molecular formula is C11H21NO2S. The molecule has 0 aromatic heterocycles. The lowest BCUT2D eigenvalue weighted by Crippen LogP contribution is -2.40. The molecule has 88 valence electrons. The van der Waals surface area contributed by atoms with Crippen molar-refractivity contribution >= 4 is 9.84 Å². The minimum atomic E-state index is -2.72. The highest BCUT2D eigenvalue weighted by Gasteiger charge is 2.35. The summed E-state index contributed by atoms with van der Waals surface area (Å²) in [4.78, 5) is 0.